The molecule has 0 bridgehead atoms. The number of fused-ring (bicyclic) bond motifs is 1. The summed E-state index contributed by atoms with van der Waals surface area (Å²) < 4.78 is 0. The molecule has 3 heteroatoms. The van der Waals surface area contributed by atoms with Crippen LogP contribution >= 0.6 is 0 Å². The maximum Gasteiger partial charge on any atom is 0.0771 e. The molecule has 16 heavy (non-hydrogen) atoms. The minimum atomic E-state index is -0.383. The van der Waals surface area contributed by atoms with Crippen LogP contribution in [0.1, 0.15) is 44.9 Å². The first kappa shape index (κ1) is 11.0. The number of hydrogen-bond acceptors (Lipinski definition) is 3. The van der Waals surface area contributed by atoms with Crippen molar-refractivity contribution in [1.82, 2.24) is 10.2 Å². The quantitative estimate of drug-likeness (QED) is 0.754. The lowest BCUT2D eigenvalue weighted by atomic mass is 10.0. The molecule has 2 N–H and O–H groups in total. The Morgan fingerprint density at radius 2 is 1.94 bits per heavy atom. The van der Waals surface area contributed by atoms with Gasteiger partial charge < -0.3 is 10.4 Å². The summed E-state index contributed by atoms with van der Waals surface area (Å²) in [6.45, 7) is 3.38. The van der Waals surface area contributed by atoms with E-state index in [0.29, 0.717) is 6.04 Å². The predicted octanol–water partition coefficient (Wildman–Crippen LogP) is 1.12. The van der Waals surface area contributed by atoms with Gasteiger partial charge >= 0.3 is 0 Å². The number of aliphatic hydroxyl groups is 1. The van der Waals surface area contributed by atoms with Gasteiger partial charge in [-0.2, -0.15) is 0 Å². The lowest BCUT2D eigenvalue weighted by Gasteiger charge is -2.27. The number of nitrogens with zero attached hydrogens (tertiary/aromatic N) is 1. The van der Waals surface area contributed by atoms with E-state index in [0.717, 1.165) is 25.4 Å². The Labute approximate surface area is 98.2 Å². The van der Waals surface area contributed by atoms with Crippen molar-refractivity contribution in [3.63, 3.8) is 0 Å². The maximum atomic E-state index is 10.3. The van der Waals surface area contributed by atoms with Crippen molar-refractivity contribution in [1.29, 1.82) is 0 Å². The molecule has 3 nitrogen and oxygen atoms in total. The first-order valence-electron chi connectivity index (χ1n) is 6.97. The molecule has 2 atom stereocenters. The molecule has 0 spiro atoms. The molecule has 92 valence electrons. The molecule has 2 saturated heterocycles. The summed E-state index contributed by atoms with van der Waals surface area (Å²) in [4.78, 5) is 2.62. The second kappa shape index (κ2) is 4.28. The molecule has 0 aromatic carbocycles. The van der Waals surface area contributed by atoms with Crippen molar-refractivity contribution in [3.05, 3.63) is 0 Å². The number of rotatable bonds is 3. The van der Waals surface area contributed by atoms with Crippen LogP contribution in [0.3, 0.4) is 0 Å². The highest BCUT2D eigenvalue weighted by atomic mass is 16.3. The van der Waals surface area contributed by atoms with Crippen molar-refractivity contribution in [2.75, 3.05) is 19.6 Å². The predicted molar refractivity (Wildman–Crippen MR) is 64.4 cm³/mol. The smallest absolute Gasteiger partial charge is 0.0771 e. The standard InChI is InChI=1S/C13H24N2O/c16-13(6-1-2-7-13)10-14-11-5-9-15-8-3-4-12(11)15/h11-12,14,16H,1-10H2. The summed E-state index contributed by atoms with van der Waals surface area (Å²) >= 11 is 0. The van der Waals surface area contributed by atoms with E-state index in [2.05, 4.69) is 10.2 Å². The molecule has 2 unspecified atom stereocenters. The molecule has 0 radical (unpaired) electrons. The molecule has 3 aliphatic rings. The number of hydrogen-bond donors (Lipinski definition) is 2. The van der Waals surface area contributed by atoms with Gasteiger partial charge in [-0.3, -0.25) is 4.90 Å². The van der Waals surface area contributed by atoms with E-state index in [1.165, 1.54) is 45.2 Å². The summed E-state index contributed by atoms with van der Waals surface area (Å²) in [5, 5.41) is 14.0. The third kappa shape index (κ3) is 2.01. The third-order valence-corrected chi connectivity index (χ3v) is 4.83. The average molecular weight is 224 g/mol. The average Bonchev–Trinajstić information content (AvgIpc) is 2.91. The van der Waals surface area contributed by atoms with Gasteiger partial charge in [0.25, 0.3) is 0 Å². The van der Waals surface area contributed by atoms with Gasteiger partial charge in [-0.05, 0) is 38.6 Å². The van der Waals surface area contributed by atoms with Crippen LogP contribution in [-0.2, 0) is 0 Å². The van der Waals surface area contributed by atoms with Crippen LogP contribution in [0.2, 0.25) is 0 Å². The third-order valence-electron chi connectivity index (χ3n) is 4.83. The van der Waals surface area contributed by atoms with Crippen molar-refractivity contribution < 1.29 is 5.11 Å². The molecule has 0 aromatic heterocycles. The fourth-order valence-corrected chi connectivity index (χ4v) is 3.85. The molecule has 3 fully saturated rings. The molecule has 1 saturated carbocycles. The highest BCUT2D eigenvalue weighted by Gasteiger charge is 2.38. The van der Waals surface area contributed by atoms with E-state index in [4.69, 9.17) is 0 Å². The summed E-state index contributed by atoms with van der Waals surface area (Å²) in [5.41, 5.74) is -0.383. The normalized spacial score (nSPS) is 38.1. The van der Waals surface area contributed by atoms with Gasteiger partial charge in [0.1, 0.15) is 0 Å². The van der Waals surface area contributed by atoms with Crippen LogP contribution < -0.4 is 5.32 Å². The van der Waals surface area contributed by atoms with E-state index in [9.17, 15) is 5.11 Å². The molecule has 3 rings (SSSR count). The second-order valence-corrected chi connectivity index (χ2v) is 5.95. The van der Waals surface area contributed by atoms with E-state index >= 15 is 0 Å². The molecule has 2 heterocycles. The highest BCUT2D eigenvalue weighted by molar-refractivity contribution is 4.97. The van der Waals surface area contributed by atoms with Gasteiger partial charge in [0.2, 0.25) is 0 Å². The molecular weight excluding hydrogens is 200 g/mol. The zero-order valence-electron chi connectivity index (χ0n) is 10.1. The number of nitrogens with one attached hydrogen (secondary N) is 1. The van der Waals surface area contributed by atoms with Crippen molar-refractivity contribution in [3.8, 4) is 0 Å². The Bertz CT molecular complexity index is 250. The molecule has 2 aliphatic heterocycles. The Morgan fingerprint density at radius 3 is 2.75 bits per heavy atom. The SMILES string of the molecule is OC1(CNC2CCN3CCCC23)CCCC1. The first-order valence-corrected chi connectivity index (χ1v) is 6.97. The summed E-state index contributed by atoms with van der Waals surface area (Å²) in [7, 11) is 0. The summed E-state index contributed by atoms with van der Waals surface area (Å²) in [6.07, 6.45) is 8.42. The fourth-order valence-electron chi connectivity index (χ4n) is 3.85. The van der Waals surface area contributed by atoms with Gasteiger partial charge in [0.05, 0.1) is 5.60 Å². The Morgan fingerprint density at radius 1 is 1.12 bits per heavy atom. The lowest BCUT2D eigenvalue weighted by Crippen LogP contribution is -2.46. The monoisotopic (exact) mass is 224 g/mol. The minimum Gasteiger partial charge on any atom is -0.389 e. The van der Waals surface area contributed by atoms with E-state index in [-0.39, 0.29) is 5.60 Å². The Balaban J connectivity index is 1.51. The van der Waals surface area contributed by atoms with Crippen LogP contribution in [0.5, 0.6) is 0 Å². The summed E-state index contributed by atoms with van der Waals surface area (Å²) in [6, 6.07) is 1.41. The van der Waals surface area contributed by atoms with Gasteiger partial charge in [0.15, 0.2) is 0 Å². The molecular formula is C13H24N2O. The summed E-state index contributed by atoms with van der Waals surface area (Å²) in [5.74, 6) is 0. The Kier molecular flexibility index (Phi) is 2.94. The first-order chi connectivity index (χ1) is 7.77. The van der Waals surface area contributed by atoms with Crippen LogP contribution in [0.25, 0.3) is 0 Å². The van der Waals surface area contributed by atoms with Gasteiger partial charge in [-0.15, -0.1) is 0 Å². The zero-order chi connectivity index (χ0) is 11.0. The largest absolute Gasteiger partial charge is 0.389 e. The lowest BCUT2D eigenvalue weighted by molar-refractivity contribution is 0.0438. The highest BCUT2D eigenvalue weighted by Crippen LogP contribution is 2.31. The van der Waals surface area contributed by atoms with Crippen LogP contribution in [-0.4, -0.2) is 47.3 Å². The fraction of sp³-hybridized carbons (Fsp3) is 1.00. The molecule has 1 aliphatic carbocycles. The van der Waals surface area contributed by atoms with Gasteiger partial charge in [-0.1, -0.05) is 12.8 Å². The van der Waals surface area contributed by atoms with E-state index in [1.807, 2.05) is 0 Å². The van der Waals surface area contributed by atoms with Gasteiger partial charge in [0, 0.05) is 25.2 Å². The zero-order valence-corrected chi connectivity index (χ0v) is 10.1. The van der Waals surface area contributed by atoms with Crippen LogP contribution in [0.4, 0.5) is 0 Å². The topological polar surface area (TPSA) is 35.5 Å². The van der Waals surface area contributed by atoms with Crippen molar-refractivity contribution in [2.45, 2.75) is 62.6 Å². The minimum absolute atomic E-state index is 0.383. The van der Waals surface area contributed by atoms with Crippen molar-refractivity contribution >= 4 is 0 Å². The second-order valence-electron chi connectivity index (χ2n) is 5.95. The van der Waals surface area contributed by atoms with Crippen molar-refractivity contribution in [2.24, 2.45) is 0 Å². The van der Waals surface area contributed by atoms with E-state index in [1.54, 1.807) is 0 Å². The molecule has 0 amide bonds. The van der Waals surface area contributed by atoms with Gasteiger partial charge in [-0.25, -0.2) is 0 Å². The van der Waals surface area contributed by atoms with Crippen LogP contribution in [0.15, 0.2) is 0 Å². The van der Waals surface area contributed by atoms with Crippen LogP contribution in [0, 0.1) is 0 Å². The molecule has 0 aromatic rings. The Hall–Kier alpha value is -0.120. The maximum absolute atomic E-state index is 10.3. The van der Waals surface area contributed by atoms with E-state index < -0.39 is 0 Å².